The number of hydrogen-bond acceptors (Lipinski definition) is 9. The first-order valence-electron chi connectivity index (χ1n) is 11.0. The predicted octanol–water partition coefficient (Wildman–Crippen LogP) is 5.11. The minimum Gasteiger partial charge on any atom is -0.485 e. The number of nitrogens with zero attached hydrogens (tertiary/aromatic N) is 5. The van der Waals surface area contributed by atoms with Crippen molar-refractivity contribution in [3.63, 3.8) is 0 Å². The second kappa shape index (κ2) is 11.0. The number of benzene rings is 2. The summed E-state index contributed by atoms with van der Waals surface area (Å²) in [6, 6.07) is 21.7. The number of rotatable bonds is 11. The number of thioether (sulfide) groups is 1. The molecule has 3 heterocycles. The maximum atomic E-state index is 6.19. The van der Waals surface area contributed by atoms with E-state index in [4.69, 9.17) is 18.4 Å². The number of para-hydroxylation sites is 1. The van der Waals surface area contributed by atoms with Crippen molar-refractivity contribution in [2.75, 3.05) is 13.7 Å². The van der Waals surface area contributed by atoms with Crippen molar-refractivity contribution in [1.29, 1.82) is 0 Å². The zero-order valence-corrected chi connectivity index (χ0v) is 19.9. The lowest BCUT2D eigenvalue weighted by molar-refractivity contribution is 0.181. The predicted molar refractivity (Wildman–Crippen MR) is 130 cm³/mol. The summed E-state index contributed by atoms with van der Waals surface area (Å²) in [6.07, 6.45) is 1.57. The van der Waals surface area contributed by atoms with Gasteiger partial charge in [-0.2, -0.15) is 4.98 Å². The fraction of sp³-hybridized carbons (Fsp3) is 0.200. The van der Waals surface area contributed by atoms with Crippen molar-refractivity contribution in [2.24, 2.45) is 0 Å². The van der Waals surface area contributed by atoms with E-state index in [0.717, 1.165) is 22.0 Å². The maximum Gasteiger partial charge on any atom is 0.238 e. The number of methoxy groups -OCH3 is 1. The van der Waals surface area contributed by atoms with Crippen LogP contribution in [0, 0.1) is 0 Å². The van der Waals surface area contributed by atoms with Gasteiger partial charge in [0, 0.05) is 19.2 Å². The lowest BCUT2D eigenvalue weighted by Gasteiger charge is -2.13. The Labute approximate surface area is 206 Å². The van der Waals surface area contributed by atoms with Gasteiger partial charge in [0.1, 0.15) is 12.4 Å². The molecular formula is C25H23N5O4S. The molecule has 0 bridgehead atoms. The number of furan rings is 1. The van der Waals surface area contributed by atoms with E-state index >= 15 is 0 Å². The highest BCUT2D eigenvalue weighted by atomic mass is 32.2. The van der Waals surface area contributed by atoms with E-state index in [9.17, 15) is 0 Å². The van der Waals surface area contributed by atoms with Crippen LogP contribution >= 0.6 is 11.8 Å². The van der Waals surface area contributed by atoms with E-state index in [1.54, 1.807) is 25.5 Å². The third-order valence-corrected chi connectivity index (χ3v) is 6.13. The Hall–Kier alpha value is -3.89. The normalized spacial score (nSPS) is 11.1. The molecule has 2 aromatic carbocycles. The van der Waals surface area contributed by atoms with E-state index in [1.165, 1.54) is 11.8 Å². The van der Waals surface area contributed by atoms with Crippen LogP contribution in [0.3, 0.4) is 0 Å². The topological polar surface area (TPSA) is 101 Å². The van der Waals surface area contributed by atoms with Gasteiger partial charge in [-0.05, 0) is 23.8 Å². The molecule has 9 nitrogen and oxygen atoms in total. The van der Waals surface area contributed by atoms with Crippen LogP contribution in [0.25, 0.3) is 22.7 Å². The van der Waals surface area contributed by atoms with Gasteiger partial charge in [0.2, 0.25) is 11.7 Å². The zero-order chi connectivity index (χ0) is 23.9. The Morgan fingerprint density at radius 3 is 2.66 bits per heavy atom. The fourth-order valence-electron chi connectivity index (χ4n) is 3.48. The average molecular weight is 490 g/mol. The van der Waals surface area contributed by atoms with Gasteiger partial charge in [-0.1, -0.05) is 65.4 Å². The van der Waals surface area contributed by atoms with Gasteiger partial charge in [-0.3, -0.25) is 0 Å². The molecule has 35 heavy (non-hydrogen) atoms. The zero-order valence-electron chi connectivity index (χ0n) is 19.0. The highest BCUT2D eigenvalue weighted by molar-refractivity contribution is 7.98. The van der Waals surface area contributed by atoms with Gasteiger partial charge in [0.25, 0.3) is 0 Å². The monoisotopic (exact) mass is 489 g/mol. The van der Waals surface area contributed by atoms with Crippen molar-refractivity contribution in [3.8, 4) is 28.5 Å². The van der Waals surface area contributed by atoms with Crippen LogP contribution in [0.15, 0.2) is 87.1 Å². The standard InChI is InChI=1S/C25H23N5O4S/c1-31-15-13-30-22(16-33-20-11-6-5-10-19(20)18-8-3-2-4-9-18)27-28-25(30)35-17-23-26-24(29-34-23)21-12-7-14-32-21/h2-12,14H,13,15-17H2,1H3. The first-order chi connectivity index (χ1) is 17.3. The van der Waals surface area contributed by atoms with E-state index in [1.807, 2.05) is 47.0 Å². The van der Waals surface area contributed by atoms with Crippen molar-refractivity contribution >= 4 is 11.8 Å². The number of ether oxygens (including phenoxy) is 2. The third-order valence-electron chi connectivity index (χ3n) is 5.18. The quantitative estimate of drug-likeness (QED) is 0.234. The molecule has 0 amide bonds. The van der Waals surface area contributed by atoms with Crippen LogP contribution in [-0.2, 0) is 23.6 Å². The van der Waals surface area contributed by atoms with E-state index in [2.05, 4.69) is 32.5 Å². The molecule has 0 aliphatic carbocycles. The Kier molecular flexibility index (Phi) is 7.21. The summed E-state index contributed by atoms with van der Waals surface area (Å²) in [5.41, 5.74) is 2.11. The second-order valence-corrected chi connectivity index (χ2v) is 8.41. The Bertz CT molecular complexity index is 1350. The van der Waals surface area contributed by atoms with Gasteiger partial charge in [0.05, 0.1) is 18.6 Å². The van der Waals surface area contributed by atoms with Crippen LogP contribution in [0.5, 0.6) is 5.75 Å². The lowest BCUT2D eigenvalue weighted by Crippen LogP contribution is -2.12. The van der Waals surface area contributed by atoms with Crippen LogP contribution < -0.4 is 4.74 Å². The third kappa shape index (κ3) is 5.44. The molecule has 0 aliphatic heterocycles. The average Bonchev–Trinajstić information content (AvgIpc) is 3.67. The highest BCUT2D eigenvalue weighted by Gasteiger charge is 2.17. The molecule has 0 atom stereocenters. The molecule has 10 heteroatoms. The van der Waals surface area contributed by atoms with Gasteiger partial charge in [-0.15, -0.1) is 10.2 Å². The summed E-state index contributed by atoms with van der Waals surface area (Å²) < 4.78 is 24.1. The molecular weight excluding hydrogens is 466 g/mol. The van der Waals surface area contributed by atoms with Gasteiger partial charge in [-0.25, -0.2) is 0 Å². The summed E-state index contributed by atoms with van der Waals surface area (Å²) in [5.74, 6) is 3.37. The summed E-state index contributed by atoms with van der Waals surface area (Å²) in [4.78, 5) is 4.38. The Balaban J connectivity index is 1.30. The molecule has 0 saturated heterocycles. The van der Waals surface area contributed by atoms with Crippen molar-refractivity contribution < 1.29 is 18.4 Å². The molecule has 0 radical (unpaired) electrons. The molecule has 0 aliphatic rings. The first kappa shape index (κ1) is 22.9. The smallest absolute Gasteiger partial charge is 0.238 e. The highest BCUT2D eigenvalue weighted by Crippen LogP contribution is 2.30. The largest absolute Gasteiger partial charge is 0.485 e. The SMILES string of the molecule is COCCn1c(COc2ccccc2-c2ccccc2)nnc1SCc1nc(-c2ccco2)no1. The molecule has 5 rings (SSSR count). The van der Waals surface area contributed by atoms with Crippen LogP contribution in [0.2, 0.25) is 0 Å². The molecule has 0 fully saturated rings. The maximum absolute atomic E-state index is 6.19. The molecule has 178 valence electrons. The van der Waals surface area contributed by atoms with Gasteiger partial charge in [0.15, 0.2) is 16.7 Å². The molecule has 0 spiro atoms. The van der Waals surface area contributed by atoms with Crippen molar-refractivity contribution in [1.82, 2.24) is 24.9 Å². The minimum atomic E-state index is 0.268. The van der Waals surface area contributed by atoms with Crippen molar-refractivity contribution in [2.45, 2.75) is 24.1 Å². The number of aromatic nitrogens is 5. The number of hydrogen-bond donors (Lipinski definition) is 0. The summed E-state index contributed by atoms with van der Waals surface area (Å²) in [6.45, 7) is 1.37. The second-order valence-electron chi connectivity index (χ2n) is 7.47. The fourth-order valence-corrected chi connectivity index (χ4v) is 4.30. The van der Waals surface area contributed by atoms with Crippen LogP contribution in [0.4, 0.5) is 0 Å². The summed E-state index contributed by atoms with van der Waals surface area (Å²) in [7, 11) is 1.66. The first-order valence-corrected chi connectivity index (χ1v) is 12.0. The van der Waals surface area contributed by atoms with Crippen molar-refractivity contribution in [3.05, 3.63) is 84.7 Å². The molecule has 5 aromatic rings. The lowest BCUT2D eigenvalue weighted by atomic mass is 10.1. The van der Waals surface area contributed by atoms with E-state index in [-0.39, 0.29) is 6.61 Å². The summed E-state index contributed by atoms with van der Waals surface area (Å²) >= 11 is 1.46. The summed E-state index contributed by atoms with van der Waals surface area (Å²) in [5, 5.41) is 13.4. The molecule has 0 saturated carbocycles. The molecule has 3 aromatic heterocycles. The minimum absolute atomic E-state index is 0.268. The van der Waals surface area contributed by atoms with Gasteiger partial charge >= 0.3 is 0 Å². The Morgan fingerprint density at radius 1 is 0.971 bits per heavy atom. The Morgan fingerprint density at radius 2 is 1.83 bits per heavy atom. The van der Waals surface area contributed by atoms with Crippen LogP contribution in [0.1, 0.15) is 11.7 Å². The molecule has 0 unspecified atom stereocenters. The molecule has 0 N–H and O–H groups in total. The van der Waals surface area contributed by atoms with E-state index in [0.29, 0.717) is 42.2 Å². The van der Waals surface area contributed by atoms with E-state index < -0.39 is 0 Å². The van der Waals surface area contributed by atoms with Gasteiger partial charge < -0.3 is 23.0 Å². The van der Waals surface area contributed by atoms with Crippen LogP contribution in [-0.4, -0.2) is 38.6 Å².